The number of hydrogen-bond donors (Lipinski definition) is 1. The van der Waals surface area contributed by atoms with Crippen LogP contribution in [0, 0.1) is 0 Å². The number of aliphatic hydroxyl groups excluding tert-OH is 1. The van der Waals surface area contributed by atoms with Crippen LogP contribution in [-0.2, 0) is 37.0 Å². The van der Waals surface area contributed by atoms with Crippen LogP contribution in [-0.4, -0.2) is 35.7 Å². The summed E-state index contributed by atoms with van der Waals surface area (Å²) in [6, 6.07) is 18.5. The van der Waals surface area contributed by atoms with E-state index in [1.54, 1.807) is 0 Å². The lowest BCUT2D eigenvalue weighted by molar-refractivity contribution is -0.148. The third-order valence-corrected chi connectivity index (χ3v) is 3.03. The van der Waals surface area contributed by atoms with Crippen molar-refractivity contribution in [2.24, 2.45) is 0 Å². The van der Waals surface area contributed by atoms with Crippen molar-refractivity contribution in [2.45, 2.75) is 13.2 Å². The van der Waals surface area contributed by atoms with Gasteiger partial charge in [0.25, 0.3) is 0 Å². The molecular weight excluding hydrogens is 376 g/mol. The molecule has 0 saturated carbocycles. The number of benzene rings is 2. The highest BCUT2D eigenvalue weighted by atomic mass is 35.5. The van der Waals surface area contributed by atoms with Gasteiger partial charge in [-0.25, -0.2) is 14.4 Å². The Labute approximate surface area is 161 Å². The van der Waals surface area contributed by atoms with Gasteiger partial charge in [0.1, 0.15) is 19.8 Å². The van der Waals surface area contributed by atoms with Crippen molar-refractivity contribution in [3.05, 3.63) is 71.8 Å². The van der Waals surface area contributed by atoms with E-state index in [-0.39, 0.29) is 13.2 Å². The van der Waals surface area contributed by atoms with Crippen LogP contribution in [0.5, 0.6) is 0 Å². The first-order valence-electron chi connectivity index (χ1n) is 7.83. The van der Waals surface area contributed by atoms with Gasteiger partial charge < -0.3 is 19.3 Å². The van der Waals surface area contributed by atoms with E-state index in [9.17, 15) is 14.4 Å². The van der Waals surface area contributed by atoms with E-state index in [1.165, 1.54) is 0 Å². The molecule has 7 nitrogen and oxygen atoms in total. The predicted molar refractivity (Wildman–Crippen MR) is 96.8 cm³/mol. The molecule has 0 unspecified atom stereocenters. The molecule has 0 spiro atoms. The van der Waals surface area contributed by atoms with E-state index in [0.29, 0.717) is 0 Å². The number of halogens is 1. The van der Waals surface area contributed by atoms with E-state index in [4.69, 9.17) is 21.4 Å². The molecule has 0 fully saturated rings. The average Bonchev–Trinajstić information content (AvgIpc) is 2.71. The van der Waals surface area contributed by atoms with E-state index in [0.717, 1.165) is 11.1 Å². The van der Waals surface area contributed by atoms with Crippen molar-refractivity contribution in [1.82, 2.24) is 0 Å². The van der Waals surface area contributed by atoms with Crippen LogP contribution in [0.4, 0.5) is 4.79 Å². The molecule has 0 radical (unpaired) electrons. The molecule has 2 aromatic carbocycles. The van der Waals surface area contributed by atoms with Gasteiger partial charge >= 0.3 is 17.4 Å². The summed E-state index contributed by atoms with van der Waals surface area (Å²) in [5.74, 6) is -1.23. The molecule has 2 rings (SSSR count). The second kappa shape index (κ2) is 13.3. The van der Waals surface area contributed by atoms with Gasteiger partial charge in [0, 0.05) is 11.6 Å². The maximum Gasteiger partial charge on any atom is 0.404 e. The van der Waals surface area contributed by atoms with Gasteiger partial charge in [-0.05, 0) is 11.1 Å². The van der Waals surface area contributed by atoms with E-state index in [1.807, 2.05) is 60.7 Å². The standard InChI is InChI=1S/C10H9ClO4.C9H10O3/c11-10(13)15-7-9(12)14-6-8-4-2-1-3-5-8;10-6-9(11)12-7-8-4-2-1-3-5-8/h1-5H,6-7H2;1-5,10H,6-7H2. The normalized spacial score (nSPS) is 9.41. The van der Waals surface area contributed by atoms with Gasteiger partial charge in [0.15, 0.2) is 6.61 Å². The van der Waals surface area contributed by atoms with E-state index < -0.39 is 30.6 Å². The molecule has 0 aromatic heterocycles. The van der Waals surface area contributed by atoms with Gasteiger partial charge in [0.05, 0.1) is 0 Å². The molecule has 27 heavy (non-hydrogen) atoms. The quantitative estimate of drug-likeness (QED) is 0.438. The molecule has 0 saturated heterocycles. The predicted octanol–water partition coefficient (Wildman–Crippen LogP) is 2.83. The summed E-state index contributed by atoms with van der Waals surface area (Å²) in [6.07, 6.45) is 0. The number of ether oxygens (including phenoxy) is 3. The summed E-state index contributed by atoms with van der Waals surface area (Å²) < 4.78 is 13.7. The van der Waals surface area contributed by atoms with Crippen LogP contribution in [0.2, 0.25) is 0 Å². The lowest BCUT2D eigenvalue weighted by atomic mass is 10.2. The van der Waals surface area contributed by atoms with Crippen molar-refractivity contribution in [3.63, 3.8) is 0 Å². The largest absolute Gasteiger partial charge is 0.459 e. The van der Waals surface area contributed by atoms with Gasteiger partial charge in [-0.2, -0.15) is 0 Å². The van der Waals surface area contributed by atoms with Gasteiger partial charge in [-0.15, -0.1) is 0 Å². The molecule has 144 valence electrons. The molecular formula is C19H19ClO7. The van der Waals surface area contributed by atoms with Crippen LogP contribution in [0.3, 0.4) is 0 Å². The van der Waals surface area contributed by atoms with Gasteiger partial charge in [-0.3, -0.25) is 0 Å². The maximum atomic E-state index is 11.0. The third-order valence-electron chi connectivity index (χ3n) is 2.92. The molecule has 8 heteroatoms. The summed E-state index contributed by atoms with van der Waals surface area (Å²) in [4.78, 5) is 31.6. The third kappa shape index (κ3) is 11.4. The first-order chi connectivity index (χ1) is 13.0. The summed E-state index contributed by atoms with van der Waals surface area (Å²) in [6.45, 7) is -0.651. The Balaban J connectivity index is 0.000000277. The molecule has 0 aliphatic heterocycles. The van der Waals surface area contributed by atoms with Crippen LogP contribution in [0.25, 0.3) is 0 Å². The number of esters is 2. The van der Waals surface area contributed by atoms with E-state index in [2.05, 4.69) is 9.47 Å². The SMILES string of the molecule is O=C(CO)OCc1ccccc1.O=C(Cl)OCC(=O)OCc1ccccc1. The molecule has 0 heterocycles. The Morgan fingerprint density at radius 3 is 1.59 bits per heavy atom. The highest BCUT2D eigenvalue weighted by Gasteiger charge is 2.06. The van der Waals surface area contributed by atoms with Crippen molar-refractivity contribution in [2.75, 3.05) is 13.2 Å². The second-order valence-electron chi connectivity index (χ2n) is 4.98. The summed E-state index contributed by atoms with van der Waals surface area (Å²) >= 11 is 4.87. The highest BCUT2D eigenvalue weighted by molar-refractivity contribution is 6.61. The number of aliphatic hydroxyl groups is 1. The summed E-state index contributed by atoms with van der Waals surface area (Å²) in [5.41, 5.74) is 0.758. The fourth-order valence-electron chi connectivity index (χ4n) is 1.68. The smallest absolute Gasteiger partial charge is 0.404 e. The van der Waals surface area contributed by atoms with Crippen molar-refractivity contribution >= 4 is 29.0 Å². The molecule has 0 aliphatic carbocycles. The molecule has 0 atom stereocenters. The van der Waals surface area contributed by atoms with Crippen LogP contribution in [0.15, 0.2) is 60.7 Å². The fourth-order valence-corrected chi connectivity index (χ4v) is 1.73. The Morgan fingerprint density at radius 1 is 0.741 bits per heavy atom. The number of rotatable bonds is 7. The monoisotopic (exact) mass is 394 g/mol. The molecule has 0 amide bonds. The zero-order valence-corrected chi connectivity index (χ0v) is 15.1. The number of hydrogen-bond acceptors (Lipinski definition) is 7. The summed E-state index contributed by atoms with van der Waals surface area (Å²) in [7, 11) is 0. The zero-order valence-electron chi connectivity index (χ0n) is 14.4. The zero-order chi connectivity index (χ0) is 19.9. The molecule has 2 aromatic rings. The Kier molecular flexibility index (Phi) is 10.9. The van der Waals surface area contributed by atoms with E-state index >= 15 is 0 Å². The van der Waals surface area contributed by atoms with Crippen molar-refractivity contribution < 1.29 is 33.7 Å². The van der Waals surface area contributed by atoms with Gasteiger partial charge in [-0.1, -0.05) is 60.7 Å². The Morgan fingerprint density at radius 2 is 1.19 bits per heavy atom. The minimum atomic E-state index is -1.02. The van der Waals surface area contributed by atoms with Crippen LogP contribution < -0.4 is 0 Å². The number of carbonyl (C=O) groups excluding carboxylic acids is 3. The topological polar surface area (TPSA) is 99.1 Å². The van der Waals surface area contributed by atoms with Crippen LogP contribution in [0.1, 0.15) is 11.1 Å². The van der Waals surface area contributed by atoms with Crippen molar-refractivity contribution in [3.8, 4) is 0 Å². The molecule has 0 bridgehead atoms. The Hall–Kier alpha value is -2.90. The molecule has 0 aliphatic rings. The Bertz CT molecular complexity index is 705. The summed E-state index contributed by atoms with van der Waals surface area (Å²) in [5, 5.41) is 8.34. The molecule has 1 N–H and O–H groups in total. The average molecular weight is 395 g/mol. The minimum Gasteiger partial charge on any atom is -0.459 e. The lowest BCUT2D eigenvalue weighted by Gasteiger charge is -2.03. The fraction of sp³-hybridized carbons (Fsp3) is 0.211. The van der Waals surface area contributed by atoms with Crippen LogP contribution >= 0.6 is 11.6 Å². The number of carbonyl (C=O) groups is 3. The first kappa shape index (κ1) is 22.1. The van der Waals surface area contributed by atoms with Crippen molar-refractivity contribution in [1.29, 1.82) is 0 Å². The lowest BCUT2D eigenvalue weighted by Crippen LogP contribution is -2.13. The minimum absolute atomic E-state index is 0.152. The van der Waals surface area contributed by atoms with Gasteiger partial charge in [0.2, 0.25) is 0 Å². The maximum absolute atomic E-state index is 11.0. The highest BCUT2D eigenvalue weighted by Crippen LogP contribution is 2.01. The second-order valence-corrected chi connectivity index (χ2v) is 5.29. The first-order valence-corrected chi connectivity index (χ1v) is 8.21.